The number of unbranched alkanes of at least 4 members (excludes halogenated alkanes) is 1. The molecule has 0 aliphatic carbocycles. The molecule has 15 heavy (non-hydrogen) atoms. The Kier molecular flexibility index (Phi) is 9.18. The van der Waals surface area contributed by atoms with E-state index in [1.165, 1.54) is 45.1 Å². The molecular weight excluding hydrogens is 182 g/mol. The van der Waals surface area contributed by atoms with Gasteiger partial charge in [-0.05, 0) is 32.2 Å². The molecule has 0 N–H and O–H groups in total. The van der Waals surface area contributed by atoms with Gasteiger partial charge in [0.1, 0.15) is 0 Å². The van der Waals surface area contributed by atoms with E-state index in [9.17, 15) is 0 Å². The van der Waals surface area contributed by atoms with Gasteiger partial charge in [0.2, 0.25) is 0 Å². The van der Waals surface area contributed by atoms with Crippen molar-refractivity contribution in [2.75, 3.05) is 13.6 Å². The molecule has 1 saturated heterocycles. The van der Waals surface area contributed by atoms with Crippen molar-refractivity contribution in [1.82, 2.24) is 4.90 Å². The minimum absolute atomic E-state index is 0.880. The first-order valence-corrected chi connectivity index (χ1v) is 6.94. The van der Waals surface area contributed by atoms with Crippen LogP contribution in [-0.4, -0.2) is 24.5 Å². The van der Waals surface area contributed by atoms with Gasteiger partial charge in [0.05, 0.1) is 0 Å². The average molecular weight is 213 g/mol. The molecule has 1 heteroatoms. The SMILES string of the molecule is CC.CCCCC1CCCC(C)CN1C. The normalized spacial score (nSPS) is 27.8. The van der Waals surface area contributed by atoms with Crippen LogP contribution in [0.2, 0.25) is 0 Å². The second-order valence-electron chi connectivity index (χ2n) is 4.77. The highest BCUT2D eigenvalue weighted by Crippen LogP contribution is 2.22. The molecule has 0 aromatic heterocycles. The monoisotopic (exact) mass is 213 g/mol. The molecule has 1 aliphatic heterocycles. The topological polar surface area (TPSA) is 3.24 Å². The third-order valence-corrected chi connectivity index (χ3v) is 3.35. The lowest BCUT2D eigenvalue weighted by Crippen LogP contribution is -2.32. The van der Waals surface area contributed by atoms with E-state index >= 15 is 0 Å². The summed E-state index contributed by atoms with van der Waals surface area (Å²) >= 11 is 0. The number of likely N-dealkylation sites (tertiary alicyclic amines) is 1. The molecule has 2 atom stereocenters. The van der Waals surface area contributed by atoms with Gasteiger partial charge in [-0.1, -0.05) is 47.0 Å². The highest BCUT2D eigenvalue weighted by Gasteiger charge is 2.19. The molecule has 1 nitrogen and oxygen atoms in total. The maximum atomic E-state index is 2.59. The molecule has 0 saturated carbocycles. The second kappa shape index (κ2) is 9.21. The largest absolute Gasteiger partial charge is 0.303 e. The van der Waals surface area contributed by atoms with Crippen LogP contribution in [0.15, 0.2) is 0 Å². The molecule has 1 aliphatic rings. The fraction of sp³-hybridized carbons (Fsp3) is 1.00. The van der Waals surface area contributed by atoms with Gasteiger partial charge in [-0.15, -0.1) is 0 Å². The number of nitrogens with zero attached hydrogens (tertiary/aromatic N) is 1. The van der Waals surface area contributed by atoms with E-state index in [4.69, 9.17) is 0 Å². The molecule has 0 aromatic carbocycles. The lowest BCUT2D eigenvalue weighted by molar-refractivity contribution is 0.213. The third kappa shape index (κ3) is 6.19. The van der Waals surface area contributed by atoms with E-state index in [-0.39, 0.29) is 0 Å². The van der Waals surface area contributed by atoms with E-state index in [1.807, 2.05) is 13.8 Å². The van der Waals surface area contributed by atoms with E-state index in [1.54, 1.807) is 0 Å². The fourth-order valence-corrected chi connectivity index (χ4v) is 2.46. The van der Waals surface area contributed by atoms with Crippen molar-refractivity contribution in [2.45, 2.75) is 72.3 Å². The van der Waals surface area contributed by atoms with Gasteiger partial charge < -0.3 is 4.90 Å². The van der Waals surface area contributed by atoms with Crippen molar-refractivity contribution in [1.29, 1.82) is 0 Å². The molecule has 0 radical (unpaired) electrons. The molecule has 1 heterocycles. The predicted molar refractivity (Wildman–Crippen MR) is 70.3 cm³/mol. The van der Waals surface area contributed by atoms with Crippen molar-refractivity contribution in [3.8, 4) is 0 Å². The summed E-state index contributed by atoms with van der Waals surface area (Å²) in [6, 6.07) is 0.880. The molecule has 92 valence electrons. The smallest absolute Gasteiger partial charge is 0.00923 e. The molecule has 0 bridgehead atoms. The van der Waals surface area contributed by atoms with Crippen molar-refractivity contribution >= 4 is 0 Å². The summed E-state index contributed by atoms with van der Waals surface area (Å²) in [5.41, 5.74) is 0. The summed E-state index contributed by atoms with van der Waals surface area (Å²) in [4.78, 5) is 2.59. The molecule has 1 rings (SSSR count). The zero-order valence-electron chi connectivity index (χ0n) is 11.6. The Morgan fingerprint density at radius 3 is 2.47 bits per heavy atom. The average Bonchev–Trinajstić information content (AvgIpc) is 2.40. The van der Waals surface area contributed by atoms with Crippen LogP contribution in [0.25, 0.3) is 0 Å². The first-order chi connectivity index (χ1) is 7.24. The van der Waals surface area contributed by atoms with Crippen molar-refractivity contribution in [3.05, 3.63) is 0 Å². The zero-order chi connectivity index (χ0) is 11.7. The summed E-state index contributed by atoms with van der Waals surface area (Å²) in [6.45, 7) is 9.99. The van der Waals surface area contributed by atoms with Gasteiger partial charge in [-0.25, -0.2) is 0 Å². The fourth-order valence-electron chi connectivity index (χ4n) is 2.46. The van der Waals surface area contributed by atoms with Gasteiger partial charge in [0.15, 0.2) is 0 Å². The summed E-state index contributed by atoms with van der Waals surface area (Å²) in [5.74, 6) is 0.914. The maximum Gasteiger partial charge on any atom is 0.00923 e. The number of hydrogen-bond donors (Lipinski definition) is 0. The van der Waals surface area contributed by atoms with Crippen molar-refractivity contribution in [3.63, 3.8) is 0 Å². The van der Waals surface area contributed by atoms with E-state index in [0.717, 1.165) is 12.0 Å². The minimum atomic E-state index is 0.880. The Labute approximate surface area is 97.2 Å². The van der Waals surface area contributed by atoms with Crippen LogP contribution in [0.5, 0.6) is 0 Å². The first kappa shape index (κ1) is 15.0. The highest BCUT2D eigenvalue weighted by atomic mass is 15.1. The maximum absolute atomic E-state index is 2.59. The summed E-state index contributed by atoms with van der Waals surface area (Å²) in [7, 11) is 2.31. The minimum Gasteiger partial charge on any atom is -0.303 e. The summed E-state index contributed by atoms with van der Waals surface area (Å²) in [6.07, 6.45) is 8.48. The van der Waals surface area contributed by atoms with Crippen LogP contribution < -0.4 is 0 Å². The predicted octanol–water partition coefficient (Wildman–Crippen LogP) is 4.32. The van der Waals surface area contributed by atoms with Crippen molar-refractivity contribution in [2.24, 2.45) is 5.92 Å². The van der Waals surface area contributed by atoms with Crippen LogP contribution in [0, 0.1) is 5.92 Å². The van der Waals surface area contributed by atoms with Crippen LogP contribution in [0.4, 0.5) is 0 Å². The third-order valence-electron chi connectivity index (χ3n) is 3.35. The second-order valence-corrected chi connectivity index (χ2v) is 4.77. The van der Waals surface area contributed by atoms with Crippen LogP contribution >= 0.6 is 0 Å². The number of hydrogen-bond acceptors (Lipinski definition) is 1. The lowest BCUT2D eigenvalue weighted by Gasteiger charge is -2.26. The van der Waals surface area contributed by atoms with Gasteiger partial charge in [-0.2, -0.15) is 0 Å². The van der Waals surface area contributed by atoms with Crippen LogP contribution in [0.3, 0.4) is 0 Å². The van der Waals surface area contributed by atoms with E-state index in [2.05, 4.69) is 25.8 Å². The Hall–Kier alpha value is -0.0400. The standard InChI is InChI=1S/C12H25N.C2H6/c1-4-5-8-12-9-6-7-11(2)10-13(12)3;1-2/h11-12H,4-10H2,1-3H3;1-2H3. The quantitative estimate of drug-likeness (QED) is 0.675. The molecule has 0 spiro atoms. The molecule has 0 aromatic rings. The van der Waals surface area contributed by atoms with Gasteiger partial charge in [-0.3, -0.25) is 0 Å². The Bertz CT molecular complexity index is 131. The molecule has 1 fully saturated rings. The molecule has 0 amide bonds. The lowest BCUT2D eigenvalue weighted by atomic mass is 10.0. The van der Waals surface area contributed by atoms with Crippen molar-refractivity contribution < 1.29 is 0 Å². The van der Waals surface area contributed by atoms with Crippen LogP contribution in [-0.2, 0) is 0 Å². The summed E-state index contributed by atoms with van der Waals surface area (Å²) < 4.78 is 0. The summed E-state index contributed by atoms with van der Waals surface area (Å²) in [5, 5.41) is 0. The van der Waals surface area contributed by atoms with Gasteiger partial charge >= 0.3 is 0 Å². The zero-order valence-corrected chi connectivity index (χ0v) is 11.6. The number of rotatable bonds is 3. The first-order valence-electron chi connectivity index (χ1n) is 6.94. The molecule has 2 unspecified atom stereocenters. The Morgan fingerprint density at radius 1 is 1.20 bits per heavy atom. The molecular formula is C14H31N. The van der Waals surface area contributed by atoms with E-state index in [0.29, 0.717) is 0 Å². The highest BCUT2D eigenvalue weighted by molar-refractivity contribution is 4.75. The van der Waals surface area contributed by atoms with Gasteiger partial charge in [0.25, 0.3) is 0 Å². The Morgan fingerprint density at radius 2 is 1.87 bits per heavy atom. The van der Waals surface area contributed by atoms with Crippen LogP contribution in [0.1, 0.15) is 66.2 Å². The van der Waals surface area contributed by atoms with Gasteiger partial charge in [0, 0.05) is 12.6 Å². The Balaban J connectivity index is 0.000000921. The van der Waals surface area contributed by atoms with E-state index < -0.39 is 0 Å².